The molecule has 718 valence electrons. The monoisotopic (exact) mass is 1870 g/mol. The van der Waals surface area contributed by atoms with Crippen molar-refractivity contribution in [1.82, 2.24) is 74.1 Å². The van der Waals surface area contributed by atoms with Crippen molar-refractivity contribution in [2.75, 3.05) is 43.4 Å². The molecule has 1 fully saturated rings. The number of esters is 1. The third-order valence-corrected chi connectivity index (χ3v) is 22.0. The molecule has 4 aromatic carbocycles. The summed E-state index contributed by atoms with van der Waals surface area (Å²) >= 11 is 0. The number of aliphatic hydroxyl groups is 1. The highest BCUT2D eigenvalue weighted by atomic mass is 32.2. The number of fused-ring (bicyclic) bond motifs is 1. The summed E-state index contributed by atoms with van der Waals surface area (Å²) < 4.78 is 30.0. The predicted molar refractivity (Wildman–Crippen MR) is 467 cm³/mol. The number of H-pyrrole nitrogens is 1. The van der Waals surface area contributed by atoms with Crippen LogP contribution in [0, 0.1) is 5.92 Å². The molecular weight excluding hydrogens is 1760 g/mol. The molecule has 6 rings (SSSR count). The summed E-state index contributed by atoms with van der Waals surface area (Å²) in [6.07, 6.45) is -2.33. The van der Waals surface area contributed by atoms with Gasteiger partial charge < -0.3 is 133 Å². The van der Waals surface area contributed by atoms with E-state index in [1.165, 1.54) is 48.5 Å². The summed E-state index contributed by atoms with van der Waals surface area (Å²) in [6, 6.07) is 1.65. The molecule has 2 heterocycles. The van der Waals surface area contributed by atoms with Gasteiger partial charge in [-0.3, -0.25) is 91.1 Å². The number of nitrogen functional groups attached to an aromatic ring is 3. The number of aromatic amines is 1. The van der Waals surface area contributed by atoms with Crippen LogP contribution in [-0.2, 0) is 112 Å². The van der Waals surface area contributed by atoms with Gasteiger partial charge in [-0.1, -0.05) is 82.7 Å². The van der Waals surface area contributed by atoms with E-state index in [0.29, 0.717) is 40.7 Å². The average Bonchev–Trinajstić information content (AvgIpc) is 0.837. The Morgan fingerprint density at radius 1 is 0.515 bits per heavy atom. The van der Waals surface area contributed by atoms with Gasteiger partial charge >= 0.3 is 29.8 Å². The number of aliphatic carboxylic acids is 4. The fourth-order valence-corrected chi connectivity index (χ4v) is 14.4. The van der Waals surface area contributed by atoms with Crippen LogP contribution in [0.15, 0.2) is 113 Å². The summed E-state index contributed by atoms with van der Waals surface area (Å²) in [6.45, 7) is 1.11. The summed E-state index contributed by atoms with van der Waals surface area (Å²) in [4.78, 5) is 277. The number of aliphatic hydroxyl groups excluding tert-OH is 1. The lowest BCUT2D eigenvalue weighted by Gasteiger charge is -2.30. The number of nitrogens with one attached hydrogen (secondary N) is 14. The molecule has 0 unspecified atom stereocenters. The number of carbonyl (C=O) groups excluding carboxylic acids is 16. The van der Waals surface area contributed by atoms with E-state index in [1.807, 2.05) is 16.0 Å². The number of unbranched alkanes of at least 4 members (excludes halogenated alkanes) is 6. The van der Waals surface area contributed by atoms with Gasteiger partial charge in [0.05, 0.1) is 61.6 Å². The maximum atomic E-state index is 14.8. The van der Waals surface area contributed by atoms with Crippen LogP contribution in [-0.4, -0.2) is 256 Å². The molecule has 0 radical (unpaired) electrons. The van der Waals surface area contributed by atoms with Crippen molar-refractivity contribution < 1.29 is 135 Å². The largest absolute Gasteiger partial charge is 0.481 e. The van der Waals surface area contributed by atoms with Crippen LogP contribution in [0.2, 0.25) is 0 Å². The number of carboxylic acids is 4. The number of sulfone groups is 1. The average molecular weight is 1870 g/mol. The van der Waals surface area contributed by atoms with Gasteiger partial charge in [-0.05, 0) is 118 Å². The molecule has 13 atom stereocenters. The number of amides is 14. The van der Waals surface area contributed by atoms with E-state index in [-0.39, 0.29) is 46.8 Å². The number of cyclic esters (lactones) is 1. The second kappa shape index (κ2) is 53.3. The van der Waals surface area contributed by atoms with E-state index < -0.39 is 271 Å². The van der Waals surface area contributed by atoms with Gasteiger partial charge in [-0.25, -0.2) is 13.2 Å². The standard InChI is InChI=1S/C72H101N17O26.C12H12N2O2S/c1-5-6-7-8-9-10-11-22-53(93)81-44(25-38-31-76-42-20-15-13-17-39(38)42)66(108)84-45(27-52(75)92)67(109)86-48(30-59(102)103)68(110)89-61-37(4)115-72(114)49(26-51(91)40-18-12-14-19-41(40)74)87-71(113)60(35(2)24-56(96)97)88-69(111)50(34-90)82-55(95)32-77-63(105)46(28-57(98)99)83-62(104)36(3)79-65(107)47(29-58(100)101)85-64(106)43(21-16-23-73)80-54(94)33-78-70(61)112;13-9-1-5-11(6-2-9)17(15,16)12-7-3-10(14)4-8-12/h12-15,17-20,31,35-37,43-50,60-61,76,90H,5-11,16,21-30,32-34,73-74H2,1-4H3,(H2,75,92)(H,77,105)(H,78,112)(H,79,107)(H,80,94)(H,81,93)(H,82,95)(H,83,104)(H,84,108)(H,85,106)(H,86,109)(H,87,113)(H,88,111)(H,89,110)(H,96,97)(H,98,99)(H,100,101)(H,102,103);1-8H,13-14H2/t35-,36-,37-,43+,44+,45+,46+,47+,48+,49+,50-,60+,61+;/m1./s1. The Morgan fingerprint density at radius 2 is 1.02 bits per heavy atom. The molecule has 1 aromatic heterocycles. The van der Waals surface area contributed by atoms with Crippen molar-refractivity contribution in [3.63, 3.8) is 0 Å². The molecule has 14 amide bonds. The molecule has 0 spiro atoms. The highest BCUT2D eigenvalue weighted by molar-refractivity contribution is 7.91. The van der Waals surface area contributed by atoms with E-state index in [1.54, 1.807) is 54.7 Å². The molecule has 0 bridgehead atoms. The van der Waals surface area contributed by atoms with E-state index in [0.717, 1.165) is 52.9 Å². The lowest BCUT2D eigenvalue weighted by Crippen LogP contribution is -2.62. The first-order valence-corrected chi connectivity index (χ1v) is 43.3. The van der Waals surface area contributed by atoms with E-state index in [9.17, 15) is 130 Å². The maximum absolute atomic E-state index is 14.8. The molecule has 132 heavy (non-hydrogen) atoms. The summed E-state index contributed by atoms with van der Waals surface area (Å²) in [7, 11) is -3.48. The molecule has 0 aliphatic carbocycles. The SMILES string of the molecule is CCCCCCCCCC(=O)N[C@@H](Cc1c[nH]c2ccccc12)C(=O)N[C@@H](CC(N)=O)C(=O)N[C@@H](CC(=O)O)C(=O)N[C@@H]1C(=O)NCC(=O)N[C@@H](CCCN)C(=O)N[C@@H](CC(=O)O)C(=O)N[C@H](C)C(=O)N[C@@H](CC(=O)O)C(=O)NCC(=O)N[C@H](CO)C(=O)N[C@@H]([C@H](C)CC(=O)O)C(=O)N[C@@H](CC(=O)c2ccccc2N)C(=O)O[C@@H]1C.Nc1ccc(S(=O)(=O)c2ccc(N)cc2)cc1. The number of carbonyl (C=O) groups is 20. The zero-order valence-corrected chi connectivity index (χ0v) is 73.4. The highest BCUT2D eigenvalue weighted by Gasteiger charge is 2.41. The number of Topliss-reactive ketones (excluding diaryl/α,β-unsaturated/α-hetero) is 1. The van der Waals surface area contributed by atoms with Crippen LogP contribution in [0.3, 0.4) is 0 Å². The quantitative estimate of drug-likeness (QED) is 0.00781. The molecule has 5 aromatic rings. The van der Waals surface area contributed by atoms with E-state index in [2.05, 4.69) is 65.1 Å². The normalized spacial score (nSPS) is 19.9. The Bertz CT molecular complexity index is 5040. The number of aromatic nitrogens is 1. The lowest BCUT2D eigenvalue weighted by molar-refractivity contribution is -0.156. The minimum atomic E-state index is -3.48. The Morgan fingerprint density at radius 3 is 1.58 bits per heavy atom. The van der Waals surface area contributed by atoms with Crippen molar-refractivity contribution >= 4 is 156 Å². The highest BCUT2D eigenvalue weighted by Crippen LogP contribution is 2.25. The third kappa shape index (κ3) is 35.7. The number of carboxylic acid groups (broad SMARTS) is 4. The smallest absolute Gasteiger partial charge is 0.329 e. The number of ether oxygens (including phenoxy) is 1. The second-order valence-corrected chi connectivity index (χ2v) is 32.8. The number of para-hydroxylation sites is 2. The van der Waals surface area contributed by atoms with Crippen LogP contribution < -0.4 is 97.8 Å². The molecular formula is C84H113N19O28S. The van der Waals surface area contributed by atoms with Crippen LogP contribution in [0.1, 0.15) is 146 Å². The molecule has 48 heteroatoms. The number of hydrogen-bond donors (Lipinski definition) is 24. The van der Waals surface area contributed by atoms with Crippen molar-refractivity contribution in [2.45, 2.75) is 219 Å². The minimum absolute atomic E-state index is 0.0186. The van der Waals surface area contributed by atoms with Crippen LogP contribution in [0.25, 0.3) is 10.9 Å². The molecule has 1 aliphatic rings. The maximum Gasteiger partial charge on any atom is 0.329 e. The van der Waals surface area contributed by atoms with Crippen LogP contribution in [0.5, 0.6) is 0 Å². The third-order valence-electron chi connectivity index (χ3n) is 20.2. The summed E-state index contributed by atoms with van der Waals surface area (Å²) in [5.41, 5.74) is 30.2. The van der Waals surface area contributed by atoms with Gasteiger partial charge in [0.2, 0.25) is 92.5 Å². The van der Waals surface area contributed by atoms with Gasteiger partial charge in [-0.2, -0.15) is 0 Å². The number of nitrogens with two attached hydrogens (primary N) is 5. The van der Waals surface area contributed by atoms with Crippen molar-refractivity contribution in [1.29, 1.82) is 0 Å². The first-order valence-electron chi connectivity index (χ1n) is 41.8. The van der Waals surface area contributed by atoms with Crippen molar-refractivity contribution in [3.8, 4) is 0 Å². The van der Waals surface area contributed by atoms with E-state index in [4.69, 9.17) is 33.4 Å². The van der Waals surface area contributed by atoms with E-state index >= 15 is 0 Å². The fraction of sp³-hybridized carbons (Fsp3) is 0.452. The van der Waals surface area contributed by atoms with Crippen molar-refractivity contribution in [3.05, 3.63) is 114 Å². The topological polar surface area (TPSA) is 788 Å². The Labute approximate surface area is 755 Å². The number of benzene rings is 4. The zero-order chi connectivity index (χ0) is 98.2. The minimum Gasteiger partial charge on any atom is -0.481 e. The number of primary amides is 1. The van der Waals surface area contributed by atoms with Gasteiger partial charge in [0, 0.05) is 59.0 Å². The van der Waals surface area contributed by atoms with Crippen LogP contribution in [0.4, 0.5) is 17.1 Å². The number of anilines is 3. The summed E-state index contributed by atoms with van der Waals surface area (Å²) in [5, 5.41) is 78.7. The number of rotatable bonds is 37. The Hall–Kier alpha value is -14.7. The molecule has 29 N–H and O–H groups in total. The van der Waals surface area contributed by atoms with Gasteiger partial charge in [0.1, 0.15) is 72.6 Å². The van der Waals surface area contributed by atoms with Crippen molar-refractivity contribution in [2.24, 2.45) is 17.4 Å². The number of hydrogen-bond acceptors (Lipinski definition) is 28. The molecule has 1 saturated heterocycles. The molecule has 47 nitrogen and oxygen atoms in total. The predicted octanol–water partition coefficient (Wildman–Crippen LogP) is -3.94. The summed E-state index contributed by atoms with van der Waals surface area (Å²) in [5.74, 6) is -29.7. The number of ketones is 1. The second-order valence-electron chi connectivity index (χ2n) is 30.9. The fourth-order valence-electron chi connectivity index (χ4n) is 13.2. The first-order chi connectivity index (χ1) is 62.3. The van der Waals surface area contributed by atoms with Gasteiger partial charge in [0.25, 0.3) is 0 Å². The lowest BCUT2D eigenvalue weighted by atomic mass is 9.96. The molecule has 1 aliphatic heterocycles. The van der Waals surface area contributed by atoms with Crippen LogP contribution >= 0.6 is 0 Å². The van der Waals surface area contributed by atoms with Gasteiger partial charge in [0.15, 0.2) is 5.78 Å². The molecule has 0 saturated carbocycles. The zero-order valence-electron chi connectivity index (χ0n) is 72.6. The Balaban J connectivity index is 0.00000161. The first kappa shape index (κ1) is 108. The van der Waals surface area contributed by atoms with Gasteiger partial charge in [-0.15, -0.1) is 0 Å². The Kier molecular flexibility index (Phi) is 43.5.